The summed E-state index contributed by atoms with van der Waals surface area (Å²) >= 11 is 1.07. The molecule has 0 aliphatic carbocycles. The number of carboxylic acids is 1. The number of nitrogens with zero attached hydrogens (tertiary/aromatic N) is 3. The van der Waals surface area contributed by atoms with E-state index in [0.717, 1.165) is 11.5 Å². The molecular weight excluding hydrogens is 230 g/mol. The van der Waals surface area contributed by atoms with Crippen molar-refractivity contribution in [2.75, 3.05) is 13.1 Å². The molecule has 0 bridgehead atoms. The number of carboxylic acid groups (broad SMARTS) is 1. The molecule has 16 heavy (non-hydrogen) atoms. The second-order valence-electron chi connectivity index (χ2n) is 3.65. The minimum Gasteiger partial charge on any atom is -0.481 e. The van der Waals surface area contributed by atoms with E-state index in [0.29, 0.717) is 17.0 Å². The van der Waals surface area contributed by atoms with E-state index in [-0.39, 0.29) is 19.0 Å². The van der Waals surface area contributed by atoms with Gasteiger partial charge in [-0.05, 0) is 18.0 Å². The summed E-state index contributed by atoms with van der Waals surface area (Å²) in [6.45, 7) is 2.48. The molecule has 0 unspecified atom stereocenters. The van der Waals surface area contributed by atoms with Crippen LogP contribution in [0.2, 0.25) is 0 Å². The molecular formula is C9H11N3O3S. The zero-order valence-corrected chi connectivity index (χ0v) is 9.53. The second-order valence-corrected chi connectivity index (χ2v) is 4.40. The third kappa shape index (κ3) is 1.78. The highest BCUT2D eigenvalue weighted by atomic mass is 32.1. The fraction of sp³-hybridized carbons (Fsp3) is 0.556. The zero-order valence-electron chi connectivity index (χ0n) is 8.71. The Labute approximate surface area is 96.0 Å². The second kappa shape index (κ2) is 4.17. The van der Waals surface area contributed by atoms with Gasteiger partial charge in [-0.2, -0.15) is 0 Å². The summed E-state index contributed by atoms with van der Waals surface area (Å²) in [6, 6.07) is 0. The van der Waals surface area contributed by atoms with Crippen LogP contribution in [0.5, 0.6) is 0 Å². The lowest BCUT2D eigenvalue weighted by Crippen LogP contribution is -2.53. The molecule has 1 saturated heterocycles. The van der Waals surface area contributed by atoms with Gasteiger partial charge in [0.05, 0.1) is 11.6 Å². The van der Waals surface area contributed by atoms with Crippen molar-refractivity contribution in [1.29, 1.82) is 0 Å². The summed E-state index contributed by atoms with van der Waals surface area (Å²) in [6.07, 6.45) is 0.660. The maximum Gasteiger partial charge on any atom is 0.310 e. The first-order valence-corrected chi connectivity index (χ1v) is 5.74. The minimum atomic E-state index is -0.845. The number of carbonyl (C=O) groups is 2. The molecule has 2 rings (SSSR count). The van der Waals surface area contributed by atoms with Crippen LogP contribution in [0.4, 0.5) is 0 Å². The van der Waals surface area contributed by atoms with Crippen molar-refractivity contribution >= 4 is 23.4 Å². The van der Waals surface area contributed by atoms with Crippen LogP contribution in [0.1, 0.15) is 22.3 Å². The van der Waals surface area contributed by atoms with Crippen LogP contribution in [-0.2, 0) is 11.2 Å². The third-order valence-electron chi connectivity index (χ3n) is 2.60. The molecule has 0 radical (unpaired) electrons. The summed E-state index contributed by atoms with van der Waals surface area (Å²) in [5, 5.41) is 12.6. The summed E-state index contributed by atoms with van der Waals surface area (Å²) in [5.41, 5.74) is 0.689. The number of rotatable bonds is 3. The van der Waals surface area contributed by atoms with Gasteiger partial charge in [0.2, 0.25) is 0 Å². The molecule has 1 aliphatic heterocycles. The van der Waals surface area contributed by atoms with E-state index in [1.54, 1.807) is 0 Å². The topological polar surface area (TPSA) is 83.4 Å². The molecule has 0 atom stereocenters. The van der Waals surface area contributed by atoms with Crippen molar-refractivity contribution in [2.24, 2.45) is 5.92 Å². The maximum absolute atomic E-state index is 11.9. The average molecular weight is 241 g/mol. The predicted octanol–water partition coefficient (Wildman–Crippen LogP) is 0.257. The molecule has 0 saturated carbocycles. The lowest BCUT2D eigenvalue weighted by atomic mass is 10.0. The molecule has 6 nitrogen and oxygen atoms in total. The summed E-state index contributed by atoms with van der Waals surface area (Å²) in [4.78, 5) is 24.6. The molecule has 0 aromatic carbocycles. The van der Waals surface area contributed by atoms with Crippen LogP contribution in [0.25, 0.3) is 0 Å². The van der Waals surface area contributed by atoms with Crippen LogP contribution >= 0.6 is 11.5 Å². The lowest BCUT2D eigenvalue weighted by molar-refractivity contribution is -0.146. The van der Waals surface area contributed by atoms with E-state index in [9.17, 15) is 9.59 Å². The number of aryl methyl sites for hydroxylation is 1. The highest BCUT2D eigenvalue weighted by Crippen LogP contribution is 2.21. The summed E-state index contributed by atoms with van der Waals surface area (Å²) < 4.78 is 3.74. The molecule has 1 amide bonds. The number of likely N-dealkylation sites (tertiary alicyclic amines) is 1. The van der Waals surface area contributed by atoms with Crippen LogP contribution < -0.4 is 0 Å². The van der Waals surface area contributed by atoms with Crippen LogP contribution in [0.3, 0.4) is 0 Å². The first-order valence-electron chi connectivity index (χ1n) is 4.96. The van der Waals surface area contributed by atoms with E-state index in [1.165, 1.54) is 4.90 Å². The highest BCUT2D eigenvalue weighted by molar-refractivity contribution is 7.08. The van der Waals surface area contributed by atoms with Gasteiger partial charge >= 0.3 is 5.97 Å². The number of hydrogen-bond acceptors (Lipinski definition) is 5. The normalized spacial score (nSPS) is 15.9. The molecule has 2 heterocycles. The fourth-order valence-corrected chi connectivity index (χ4v) is 2.27. The summed E-state index contributed by atoms with van der Waals surface area (Å²) in [7, 11) is 0. The molecule has 1 N–H and O–H groups in total. The highest BCUT2D eigenvalue weighted by Gasteiger charge is 2.37. The van der Waals surface area contributed by atoms with Crippen molar-refractivity contribution in [3.63, 3.8) is 0 Å². The van der Waals surface area contributed by atoms with Crippen molar-refractivity contribution in [2.45, 2.75) is 13.3 Å². The van der Waals surface area contributed by atoms with Crippen molar-refractivity contribution in [1.82, 2.24) is 14.5 Å². The molecule has 1 aromatic heterocycles. The van der Waals surface area contributed by atoms with Gasteiger partial charge < -0.3 is 10.0 Å². The molecule has 1 aliphatic rings. The first-order chi connectivity index (χ1) is 7.63. The Balaban J connectivity index is 2.03. The standard InChI is InChI=1S/C9H11N3O3S/c1-2-6-7(16-11-10-6)8(13)12-3-5(4-12)9(14)15/h5H,2-4H2,1H3,(H,14,15). The molecule has 7 heteroatoms. The Bertz CT molecular complexity index is 425. The largest absolute Gasteiger partial charge is 0.481 e. The van der Waals surface area contributed by atoms with Crippen molar-refractivity contribution < 1.29 is 14.7 Å². The van der Waals surface area contributed by atoms with Gasteiger partial charge in [-0.15, -0.1) is 5.10 Å². The van der Waals surface area contributed by atoms with Crippen molar-refractivity contribution in [3.05, 3.63) is 10.6 Å². The Morgan fingerprint density at radius 1 is 1.56 bits per heavy atom. The van der Waals surface area contributed by atoms with Gasteiger partial charge in [-0.25, -0.2) is 0 Å². The Hall–Kier alpha value is -1.50. The van der Waals surface area contributed by atoms with E-state index in [1.807, 2.05) is 6.92 Å². The lowest BCUT2D eigenvalue weighted by Gasteiger charge is -2.36. The van der Waals surface area contributed by atoms with E-state index in [2.05, 4.69) is 9.59 Å². The van der Waals surface area contributed by atoms with Gasteiger partial charge in [0, 0.05) is 13.1 Å². The van der Waals surface area contributed by atoms with Gasteiger partial charge in [0.15, 0.2) is 0 Å². The molecule has 86 valence electrons. The minimum absolute atomic E-state index is 0.149. The van der Waals surface area contributed by atoms with E-state index in [4.69, 9.17) is 5.11 Å². The Morgan fingerprint density at radius 3 is 2.81 bits per heavy atom. The van der Waals surface area contributed by atoms with Crippen molar-refractivity contribution in [3.8, 4) is 0 Å². The average Bonchev–Trinajstić information content (AvgIpc) is 2.61. The number of aromatic nitrogens is 2. The molecule has 1 aromatic rings. The van der Waals surface area contributed by atoms with Gasteiger partial charge in [-0.3, -0.25) is 9.59 Å². The Kier molecular flexibility index (Phi) is 2.86. The molecule has 1 fully saturated rings. The summed E-state index contributed by atoms with van der Waals surface area (Å²) in [5.74, 6) is -1.42. The Morgan fingerprint density at radius 2 is 2.25 bits per heavy atom. The van der Waals surface area contributed by atoms with Gasteiger partial charge in [-0.1, -0.05) is 11.4 Å². The predicted molar refractivity (Wildman–Crippen MR) is 56.3 cm³/mol. The maximum atomic E-state index is 11.9. The zero-order chi connectivity index (χ0) is 11.7. The number of aliphatic carboxylic acids is 1. The van der Waals surface area contributed by atoms with E-state index < -0.39 is 11.9 Å². The fourth-order valence-electron chi connectivity index (χ4n) is 1.55. The smallest absolute Gasteiger partial charge is 0.310 e. The van der Waals surface area contributed by atoms with Gasteiger partial charge in [0.1, 0.15) is 4.88 Å². The quantitative estimate of drug-likeness (QED) is 0.820. The van der Waals surface area contributed by atoms with Crippen LogP contribution in [0.15, 0.2) is 0 Å². The van der Waals surface area contributed by atoms with Gasteiger partial charge in [0.25, 0.3) is 5.91 Å². The number of amides is 1. The first kappa shape index (κ1) is 11.0. The van der Waals surface area contributed by atoms with Crippen LogP contribution in [0, 0.1) is 5.92 Å². The van der Waals surface area contributed by atoms with E-state index >= 15 is 0 Å². The monoisotopic (exact) mass is 241 g/mol. The number of hydrogen-bond donors (Lipinski definition) is 1. The number of carbonyl (C=O) groups excluding carboxylic acids is 1. The SMILES string of the molecule is CCc1nnsc1C(=O)N1CC(C(=O)O)C1. The molecule has 0 spiro atoms. The third-order valence-corrected chi connectivity index (χ3v) is 3.36. The van der Waals surface area contributed by atoms with Crippen LogP contribution in [-0.4, -0.2) is 44.6 Å².